The molecule has 0 aromatic heterocycles. The van der Waals surface area contributed by atoms with E-state index >= 15 is 0 Å². The van der Waals surface area contributed by atoms with Crippen LogP contribution in [-0.4, -0.2) is 69.1 Å². The van der Waals surface area contributed by atoms with Gasteiger partial charge in [-0.3, -0.25) is 14.4 Å². The van der Waals surface area contributed by atoms with Crippen molar-refractivity contribution in [1.29, 1.82) is 0 Å². The van der Waals surface area contributed by atoms with Crippen molar-refractivity contribution in [2.45, 2.75) is 32.2 Å². The Labute approximate surface area is 207 Å². The first kappa shape index (κ1) is 26.2. The monoisotopic (exact) mass is 481 g/mol. The molecule has 8 nitrogen and oxygen atoms in total. The van der Waals surface area contributed by atoms with Gasteiger partial charge in [-0.2, -0.15) is 0 Å². The van der Waals surface area contributed by atoms with E-state index in [1.165, 1.54) is 0 Å². The highest BCUT2D eigenvalue weighted by Crippen LogP contribution is 2.26. The largest absolute Gasteiger partial charge is 0.496 e. The fraction of sp³-hybridized carbons (Fsp3) is 0.444. The Morgan fingerprint density at radius 2 is 1.66 bits per heavy atom. The summed E-state index contributed by atoms with van der Waals surface area (Å²) in [6, 6.07) is 13.8. The molecule has 2 aromatic carbocycles. The molecule has 0 saturated carbocycles. The van der Waals surface area contributed by atoms with E-state index in [4.69, 9.17) is 9.47 Å². The number of para-hydroxylation sites is 1. The van der Waals surface area contributed by atoms with Crippen LogP contribution < -0.4 is 15.4 Å². The van der Waals surface area contributed by atoms with Gasteiger partial charge in [0.1, 0.15) is 11.8 Å². The maximum atomic E-state index is 13.1. The highest BCUT2D eigenvalue weighted by atomic mass is 16.5. The number of ether oxygens (including phenoxy) is 2. The third-order valence-corrected chi connectivity index (χ3v) is 6.42. The second kappa shape index (κ2) is 12.9. The summed E-state index contributed by atoms with van der Waals surface area (Å²) in [5.41, 5.74) is 1.92. The Balaban J connectivity index is 1.69. The van der Waals surface area contributed by atoms with Crippen LogP contribution in [0.1, 0.15) is 45.5 Å². The van der Waals surface area contributed by atoms with Gasteiger partial charge in [-0.1, -0.05) is 30.3 Å². The number of likely N-dealkylation sites (tertiary alicyclic amines) is 1. The number of hydrogen-bond donors (Lipinski definition) is 2. The lowest BCUT2D eigenvalue weighted by Crippen LogP contribution is -2.54. The molecule has 0 bridgehead atoms. The maximum absolute atomic E-state index is 13.1. The first-order valence-corrected chi connectivity index (χ1v) is 12.0. The van der Waals surface area contributed by atoms with Gasteiger partial charge in [-0.05, 0) is 55.9 Å². The number of piperidine rings is 1. The zero-order valence-electron chi connectivity index (χ0n) is 20.7. The second-order valence-corrected chi connectivity index (χ2v) is 8.73. The molecule has 1 aliphatic heterocycles. The van der Waals surface area contributed by atoms with Crippen LogP contribution in [0.3, 0.4) is 0 Å². The van der Waals surface area contributed by atoms with Crippen molar-refractivity contribution in [3.8, 4) is 5.75 Å². The van der Waals surface area contributed by atoms with Crippen LogP contribution in [0.2, 0.25) is 0 Å². The SMILES string of the molecule is COCCCNC(=O)[C@H](NC(=O)c1ccccc1C)C1CCN(C(=O)c2ccccc2OC)CC1. The van der Waals surface area contributed by atoms with Gasteiger partial charge in [0.2, 0.25) is 5.91 Å². The lowest BCUT2D eigenvalue weighted by atomic mass is 9.88. The van der Waals surface area contributed by atoms with Gasteiger partial charge in [0, 0.05) is 38.9 Å². The third kappa shape index (κ3) is 6.82. The molecule has 1 saturated heterocycles. The zero-order valence-corrected chi connectivity index (χ0v) is 20.7. The van der Waals surface area contributed by atoms with Crippen LogP contribution in [0, 0.1) is 12.8 Å². The topological polar surface area (TPSA) is 97.0 Å². The molecule has 1 heterocycles. The van der Waals surface area contributed by atoms with Gasteiger partial charge in [0.15, 0.2) is 0 Å². The molecule has 3 amide bonds. The van der Waals surface area contributed by atoms with Crippen LogP contribution in [0.4, 0.5) is 0 Å². The van der Waals surface area contributed by atoms with Crippen molar-refractivity contribution in [3.63, 3.8) is 0 Å². The fourth-order valence-corrected chi connectivity index (χ4v) is 4.41. The lowest BCUT2D eigenvalue weighted by Gasteiger charge is -2.36. The minimum absolute atomic E-state index is 0.0906. The molecule has 0 unspecified atom stereocenters. The van der Waals surface area contributed by atoms with Crippen LogP contribution in [-0.2, 0) is 9.53 Å². The normalized spacial score (nSPS) is 14.8. The number of hydrogen-bond acceptors (Lipinski definition) is 5. The summed E-state index contributed by atoms with van der Waals surface area (Å²) in [6.45, 7) is 3.87. The Morgan fingerprint density at radius 1 is 1.00 bits per heavy atom. The molecule has 8 heteroatoms. The number of carbonyl (C=O) groups is 3. The molecule has 2 aromatic rings. The summed E-state index contributed by atoms with van der Waals surface area (Å²) in [6.07, 6.45) is 1.89. The lowest BCUT2D eigenvalue weighted by molar-refractivity contribution is -0.124. The van der Waals surface area contributed by atoms with Crippen molar-refractivity contribution in [3.05, 3.63) is 65.2 Å². The Morgan fingerprint density at radius 3 is 2.31 bits per heavy atom. The molecule has 1 fully saturated rings. The highest BCUT2D eigenvalue weighted by molar-refractivity contribution is 5.99. The van der Waals surface area contributed by atoms with Crippen LogP contribution in [0.15, 0.2) is 48.5 Å². The summed E-state index contributed by atoms with van der Waals surface area (Å²) in [5, 5.41) is 5.90. The summed E-state index contributed by atoms with van der Waals surface area (Å²) in [5.74, 6) is -0.124. The van der Waals surface area contributed by atoms with Gasteiger partial charge in [0.05, 0.1) is 12.7 Å². The molecule has 1 aliphatic rings. The molecular weight excluding hydrogens is 446 g/mol. The Bertz CT molecular complexity index is 1020. The number of benzene rings is 2. The van der Waals surface area contributed by atoms with E-state index in [0.717, 1.165) is 5.56 Å². The Kier molecular flexibility index (Phi) is 9.66. The van der Waals surface area contributed by atoms with Crippen molar-refractivity contribution >= 4 is 17.7 Å². The van der Waals surface area contributed by atoms with Gasteiger partial charge in [-0.15, -0.1) is 0 Å². The summed E-state index contributed by atoms with van der Waals surface area (Å²) in [4.78, 5) is 41.0. The number of rotatable bonds is 10. The number of nitrogens with one attached hydrogen (secondary N) is 2. The number of amides is 3. The quantitative estimate of drug-likeness (QED) is 0.509. The fourth-order valence-electron chi connectivity index (χ4n) is 4.41. The number of methoxy groups -OCH3 is 2. The molecule has 0 aliphatic carbocycles. The van der Waals surface area contributed by atoms with Gasteiger partial charge in [-0.25, -0.2) is 0 Å². The highest BCUT2D eigenvalue weighted by Gasteiger charge is 2.34. The van der Waals surface area contributed by atoms with E-state index in [1.807, 2.05) is 37.3 Å². The first-order chi connectivity index (χ1) is 17.0. The van der Waals surface area contributed by atoms with Crippen LogP contribution in [0.5, 0.6) is 5.75 Å². The molecular formula is C27H35N3O5. The van der Waals surface area contributed by atoms with E-state index in [-0.39, 0.29) is 23.6 Å². The third-order valence-electron chi connectivity index (χ3n) is 6.42. The van der Waals surface area contributed by atoms with E-state index in [2.05, 4.69) is 10.6 Å². The number of carbonyl (C=O) groups excluding carboxylic acids is 3. The molecule has 188 valence electrons. The van der Waals surface area contributed by atoms with Crippen molar-refractivity contribution in [1.82, 2.24) is 15.5 Å². The minimum Gasteiger partial charge on any atom is -0.496 e. The molecule has 2 N–H and O–H groups in total. The van der Waals surface area contributed by atoms with E-state index in [1.54, 1.807) is 37.3 Å². The zero-order chi connectivity index (χ0) is 25.2. The average molecular weight is 482 g/mol. The molecule has 0 radical (unpaired) electrons. The van der Waals surface area contributed by atoms with E-state index < -0.39 is 6.04 Å². The average Bonchev–Trinajstić information content (AvgIpc) is 2.89. The second-order valence-electron chi connectivity index (χ2n) is 8.73. The van der Waals surface area contributed by atoms with Crippen molar-refractivity contribution < 1.29 is 23.9 Å². The predicted octanol–water partition coefficient (Wildman–Crippen LogP) is 2.81. The van der Waals surface area contributed by atoms with E-state index in [0.29, 0.717) is 62.4 Å². The first-order valence-electron chi connectivity index (χ1n) is 12.0. The summed E-state index contributed by atoms with van der Waals surface area (Å²) in [7, 11) is 3.17. The predicted molar refractivity (Wildman–Crippen MR) is 134 cm³/mol. The van der Waals surface area contributed by atoms with Crippen LogP contribution >= 0.6 is 0 Å². The van der Waals surface area contributed by atoms with Gasteiger partial charge >= 0.3 is 0 Å². The summed E-state index contributed by atoms with van der Waals surface area (Å²) >= 11 is 0. The van der Waals surface area contributed by atoms with Gasteiger partial charge in [0.25, 0.3) is 11.8 Å². The maximum Gasteiger partial charge on any atom is 0.257 e. The molecule has 1 atom stereocenters. The molecule has 3 rings (SSSR count). The van der Waals surface area contributed by atoms with E-state index in [9.17, 15) is 14.4 Å². The number of nitrogens with zero attached hydrogens (tertiary/aromatic N) is 1. The standard InChI is InChI=1S/C27H35N3O5/c1-19-9-4-5-10-21(19)25(31)29-24(26(32)28-15-8-18-34-2)20-13-16-30(17-14-20)27(33)22-11-6-7-12-23(22)35-3/h4-7,9-12,20,24H,8,13-18H2,1-3H3,(H,28,32)(H,29,31)/t24-/m1/s1. The minimum atomic E-state index is -0.687. The molecule has 35 heavy (non-hydrogen) atoms. The van der Waals surface area contributed by atoms with Crippen LogP contribution in [0.25, 0.3) is 0 Å². The Hall–Kier alpha value is -3.39. The van der Waals surface area contributed by atoms with Gasteiger partial charge < -0.3 is 25.0 Å². The van der Waals surface area contributed by atoms with Crippen molar-refractivity contribution in [2.75, 3.05) is 40.5 Å². The number of aryl methyl sites for hydroxylation is 1. The van der Waals surface area contributed by atoms with Crippen molar-refractivity contribution in [2.24, 2.45) is 5.92 Å². The molecule has 0 spiro atoms. The summed E-state index contributed by atoms with van der Waals surface area (Å²) < 4.78 is 10.4. The smallest absolute Gasteiger partial charge is 0.257 e.